The number of hydrogen-bond acceptors (Lipinski definition) is 6. The lowest BCUT2D eigenvalue weighted by Crippen LogP contribution is -2.48. The molecule has 0 spiro atoms. The molecule has 1 aliphatic heterocycles. The van der Waals surface area contributed by atoms with E-state index >= 15 is 0 Å². The van der Waals surface area contributed by atoms with Crippen LogP contribution in [0.2, 0.25) is 0 Å². The minimum Gasteiger partial charge on any atom is -0.481 e. The summed E-state index contributed by atoms with van der Waals surface area (Å²) < 4.78 is 28.1. The Balaban J connectivity index is 2.10. The van der Waals surface area contributed by atoms with Crippen molar-refractivity contribution in [2.45, 2.75) is 25.9 Å². The van der Waals surface area contributed by atoms with Crippen molar-refractivity contribution in [3.8, 4) is 0 Å². The van der Waals surface area contributed by atoms with E-state index < -0.39 is 21.8 Å². The molecule has 1 fully saturated rings. The Bertz CT molecular complexity index is 565. The lowest BCUT2D eigenvalue weighted by molar-refractivity contribution is -0.138. The molecule has 2 rings (SSSR count). The fraction of sp³-hybridized carbons (Fsp3) is 0.636. The van der Waals surface area contributed by atoms with E-state index in [4.69, 9.17) is 9.63 Å². The van der Waals surface area contributed by atoms with Crippen molar-refractivity contribution in [1.82, 2.24) is 10.1 Å². The second kappa shape index (κ2) is 5.30. The van der Waals surface area contributed by atoms with E-state index in [1.807, 2.05) is 4.90 Å². The molecule has 1 aliphatic rings. The van der Waals surface area contributed by atoms with E-state index in [1.54, 1.807) is 13.0 Å². The Labute approximate surface area is 111 Å². The molecular weight excluding hydrogens is 272 g/mol. The van der Waals surface area contributed by atoms with Crippen LogP contribution in [0.25, 0.3) is 0 Å². The van der Waals surface area contributed by atoms with Gasteiger partial charge in [0.1, 0.15) is 5.76 Å². The molecule has 1 aromatic rings. The zero-order valence-electron chi connectivity index (χ0n) is 10.6. The van der Waals surface area contributed by atoms with Gasteiger partial charge in [-0.15, -0.1) is 0 Å². The molecule has 1 N–H and O–H groups in total. The predicted molar refractivity (Wildman–Crippen MR) is 66.3 cm³/mol. The van der Waals surface area contributed by atoms with Gasteiger partial charge in [-0.1, -0.05) is 5.16 Å². The second-order valence-electron chi connectivity index (χ2n) is 4.77. The van der Waals surface area contributed by atoms with Crippen molar-refractivity contribution in [3.63, 3.8) is 0 Å². The van der Waals surface area contributed by atoms with E-state index in [0.29, 0.717) is 24.5 Å². The number of carboxylic acid groups (broad SMARTS) is 1. The Morgan fingerprint density at radius 1 is 1.63 bits per heavy atom. The molecule has 0 saturated carbocycles. The number of sulfone groups is 1. The first-order valence-electron chi connectivity index (χ1n) is 5.94. The molecule has 1 saturated heterocycles. The van der Waals surface area contributed by atoms with Gasteiger partial charge < -0.3 is 9.63 Å². The average molecular weight is 288 g/mol. The van der Waals surface area contributed by atoms with Gasteiger partial charge in [-0.3, -0.25) is 9.69 Å². The number of aryl methyl sites for hydroxylation is 1. The van der Waals surface area contributed by atoms with Gasteiger partial charge in [0.05, 0.1) is 23.6 Å². The van der Waals surface area contributed by atoms with E-state index in [2.05, 4.69) is 5.16 Å². The SMILES string of the molecule is Cc1cc(CN2CCS(=O)(=O)CC2CC(=O)O)no1. The zero-order valence-corrected chi connectivity index (χ0v) is 11.4. The highest BCUT2D eigenvalue weighted by molar-refractivity contribution is 7.91. The van der Waals surface area contributed by atoms with Gasteiger partial charge in [-0.2, -0.15) is 0 Å². The fourth-order valence-corrected chi connectivity index (χ4v) is 3.81. The van der Waals surface area contributed by atoms with E-state index in [0.717, 1.165) is 0 Å². The molecule has 8 heteroatoms. The lowest BCUT2D eigenvalue weighted by Gasteiger charge is -2.33. The van der Waals surface area contributed by atoms with Gasteiger partial charge in [0.2, 0.25) is 0 Å². The third-order valence-corrected chi connectivity index (χ3v) is 4.80. The first-order valence-corrected chi connectivity index (χ1v) is 7.76. The number of aromatic nitrogens is 1. The summed E-state index contributed by atoms with van der Waals surface area (Å²) in [4.78, 5) is 12.7. The summed E-state index contributed by atoms with van der Waals surface area (Å²) in [5.41, 5.74) is 0.687. The van der Waals surface area contributed by atoms with Crippen molar-refractivity contribution in [2.75, 3.05) is 18.1 Å². The number of rotatable bonds is 4. The van der Waals surface area contributed by atoms with Crippen LogP contribution in [-0.4, -0.2) is 53.6 Å². The van der Waals surface area contributed by atoms with Crippen LogP contribution in [0.5, 0.6) is 0 Å². The van der Waals surface area contributed by atoms with Crippen LogP contribution in [0.4, 0.5) is 0 Å². The average Bonchev–Trinajstić information content (AvgIpc) is 2.67. The van der Waals surface area contributed by atoms with Crippen LogP contribution in [0, 0.1) is 6.92 Å². The summed E-state index contributed by atoms with van der Waals surface area (Å²) in [6, 6.07) is 1.26. The maximum Gasteiger partial charge on any atom is 0.304 e. The van der Waals surface area contributed by atoms with Crippen molar-refractivity contribution in [3.05, 3.63) is 17.5 Å². The number of aliphatic carboxylic acids is 1. The number of hydrogen-bond donors (Lipinski definition) is 1. The molecule has 7 nitrogen and oxygen atoms in total. The molecule has 0 aromatic carbocycles. The van der Waals surface area contributed by atoms with E-state index in [-0.39, 0.29) is 17.9 Å². The zero-order chi connectivity index (χ0) is 14.0. The van der Waals surface area contributed by atoms with Gasteiger partial charge in [-0.25, -0.2) is 8.42 Å². The largest absolute Gasteiger partial charge is 0.481 e. The van der Waals surface area contributed by atoms with Crippen LogP contribution in [0.15, 0.2) is 10.6 Å². The molecule has 1 unspecified atom stereocenters. The van der Waals surface area contributed by atoms with Crippen LogP contribution in [0.3, 0.4) is 0 Å². The summed E-state index contributed by atoms with van der Waals surface area (Å²) in [6.07, 6.45) is -0.184. The number of carboxylic acids is 1. The van der Waals surface area contributed by atoms with Gasteiger partial charge in [0.15, 0.2) is 9.84 Å². The van der Waals surface area contributed by atoms with Crippen LogP contribution in [-0.2, 0) is 21.2 Å². The fourth-order valence-electron chi connectivity index (χ4n) is 2.22. The molecule has 106 valence electrons. The van der Waals surface area contributed by atoms with Crippen LogP contribution < -0.4 is 0 Å². The Morgan fingerprint density at radius 3 is 2.95 bits per heavy atom. The summed E-state index contributed by atoms with van der Waals surface area (Å²) >= 11 is 0. The standard InChI is InChI=1S/C11H16N2O5S/c1-8-4-9(12-18-8)6-13-2-3-19(16,17)7-10(13)5-11(14)15/h4,10H,2-3,5-7H2,1H3,(H,14,15). The third kappa shape index (κ3) is 3.77. The molecule has 0 bridgehead atoms. The van der Waals surface area contributed by atoms with Gasteiger partial charge in [-0.05, 0) is 6.92 Å². The Morgan fingerprint density at radius 2 is 2.37 bits per heavy atom. The topological polar surface area (TPSA) is 101 Å². The normalized spacial score (nSPS) is 23.3. The van der Waals surface area contributed by atoms with Crippen molar-refractivity contribution < 1.29 is 22.8 Å². The van der Waals surface area contributed by atoms with Crippen LogP contribution in [0.1, 0.15) is 17.9 Å². The molecule has 1 atom stereocenters. The quantitative estimate of drug-likeness (QED) is 0.835. The first kappa shape index (κ1) is 14.0. The lowest BCUT2D eigenvalue weighted by atomic mass is 10.2. The summed E-state index contributed by atoms with van der Waals surface area (Å²) in [7, 11) is -3.15. The summed E-state index contributed by atoms with van der Waals surface area (Å²) in [6.45, 7) is 2.50. The van der Waals surface area contributed by atoms with E-state index in [1.165, 1.54) is 0 Å². The van der Waals surface area contributed by atoms with Crippen LogP contribution >= 0.6 is 0 Å². The molecule has 1 aromatic heterocycles. The molecule has 2 heterocycles. The smallest absolute Gasteiger partial charge is 0.304 e. The highest BCUT2D eigenvalue weighted by atomic mass is 32.2. The summed E-state index contributed by atoms with van der Waals surface area (Å²) in [5.74, 6) is -0.381. The molecular formula is C11H16N2O5S. The van der Waals surface area contributed by atoms with Crippen molar-refractivity contribution in [2.24, 2.45) is 0 Å². The van der Waals surface area contributed by atoms with Gasteiger partial charge in [0, 0.05) is 25.2 Å². The maximum atomic E-state index is 11.6. The highest BCUT2D eigenvalue weighted by Crippen LogP contribution is 2.18. The molecule has 0 radical (unpaired) electrons. The van der Waals surface area contributed by atoms with E-state index in [9.17, 15) is 13.2 Å². The van der Waals surface area contributed by atoms with Crippen molar-refractivity contribution in [1.29, 1.82) is 0 Å². The Kier molecular flexibility index (Phi) is 3.91. The molecule has 19 heavy (non-hydrogen) atoms. The monoisotopic (exact) mass is 288 g/mol. The molecule has 0 amide bonds. The predicted octanol–water partition coefficient (Wildman–Crippen LogP) is 0.0567. The third-order valence-electron chi connectivity index (χ3n) is 3.10. The van der Waals surface area contributed by atoms with Gasteiger partial charge in [0.25, 0.3) is 0 Å². The van der Waals surface area contributed by atoms with Gasteiger partial charge >= 0.3 is 5.97 Å². The van der Waals surface area contributed by atoms with Crippen molar-refractivity contribution >= 4 is 15.8 Å². The molecule has 0 aliphatic carbocycles. The Hall–Kier alpha value is -1.41. The second-order valence-corrected chi connectivity index (χ2v) is 6.99. The minimum atomic E-state index is -3.15. The number of carbonyl (C=O) groups is 1. The first-order chi connectivity index (χ1) is 8.85. The minimum absolute atomic E-state index is 0.0555. The maximum absolute atomic E-state index is 11.6. The number of nitrogens with zero attached hydrogens (tertiary/aromatic N) is 2. The summed E-state index contributed by atoms with van der Waals surface area (Å²) in [5, 5.41) is 12.7. The highest BCUT2D eigenvalue weighted by Gasteiger charge is 2.32.